The summed E-state index contributed by atoms with van der Waals surface area (Å²) >= 11 is 0. The molecule has 0 amide bonds. The Morgan fingerprint density at radius 1 is 0.0800 bits per heavy atom. The summed E-state index contributed by atoms with van der Waals surface area (Å²) in [6.45, 7) is 63.4. The molecule has 0 atom stereocenters. The highest BCUT2D eigenvalue weighted by Crippen LogP contribution is 2.24. The van der Waals surface area contributed by atoms with Gasteiger partial charge in [0.25, 0.3) is 0 Å². The summed E-state index contributed by atoms with van der Waals surface area (Å²) in [5.74, 6) is 0. The fraction of sp³-hybridized carbons (Fsp3) is 0.200. The third kappa shape index (κ3) is 59.3. The molecule has 0 spiro atoms. The molecule has 0 fully saturated rings. The molecule has 0 aromatic heterocycles. The van der Waals surface area contributed by atoms with Gasteiger partial charge < -0.3 is 0 Å². The first-order valence-corrected chi connectivity index (χ1v) is 52.6. The Labute approximate surface area is 909 Å². The second-order valence-corrected chi connectivity index (χ2v) is 38.9. The van der Waals surface area contributed by atoms with Gasteiger partial charge in [-0.3, -0.25) is 0 Å². The molecule has 0 nitrogen and oxygen atoms in total. The lowest BCUT2D eigenvalue weighted by molar-refractivity contribution is 1.34. The van der Waals surface area contributed by atoms with Crippen molar-refractivity contribution in [3.05, 3.63) is 676 Å². The molecule has 21 aromatic rings. The van der Waals surface area contributed by atoms with Crippen molar-refractivity contribution in [2.24, 2.45) is 0 Å². The standard InChI is InChI=1S/3C12H12.9C8H10.6C7H8/c1-9-7-10(2)12-6-4-3-5-11(12)8-9;1-9-7-8-11-5-3-4-6-12(11)10(9)2;1-9-7-8-10(2)12-6-4-3-5-11(9)12;3*1-7-3-5-8(2)6-4-7;3*1-7-4-3-5-8(2)6-7;3*1-7-5-3-4-6-8(7)2;6*1-7-5-3-2-4-6-7/h3*3-8H,1-2H3;9*3-6H,1-2H3;6*2-6H,1H3. The SMILES string of the molecule is Cc1cc(C)c2ccccc2c1.Cc1ccc(C)c2ccccc12.Cc1ccc(C)cc1.Cc1ccc(C)cc1.Cc1ccc(C)cc1.Cc1ccc2ccccc2c1C.Cc1cccc(C)c1.Cc1cccc(C)c1.Cc1cccc(C)c1.Cc1ccccc1.Cc1ccccc1.Cc1ccccc1.Cc1ccccc1.Cc1ccccc1.Cc1ccccc1.Cc1ccccc1C.Cc1ccccc1C.Cc1ccccc1C. The van der Waals surface area contributed by atoms with Crippen LogP contribution in [0.3, 0.4) is 0 Å². The number of benzene rings is 21. The summed E-state index contributed by atoms with van der Waals surface area (Å²) in [6, 6.07) is 176. The third-order valence-electron chi connectivity index (χ3n) is 24.1. The Kier molecular flexibility index (Phi) is 63.5. The van der Waals surface area contributed by atoms with E-state index in [1.54, 1.807) is 0 Å². The normalized spacial score (nSPS) is 9.40. The lowest BCUT2D eigenvalue weighted by Crippen LogP contribution is -1.82. The van der Waals surface area contributed by atoms with Crippen molar-refractivity contribution >= 4 is 32.3 Å². The smallest absolute Gasteiger partial charge is 0.0152 e. The molecular formula is C150H174. The van der Waals surface area contributed by atoms with Crippen molar-refractivity contribution in [1.29, 1.82) is 0 Å². The van der Waals surface area contributed by atoms with Gasteiger partial charge in [-0.05, 0) is 301 Å². The summed E-state index contributed by atoms with van der Waals surface area (Å²) in [6.07, 6.45) is 0. The van der Waals surface area contributed by atoms with Crippen molar-refractivity contribution in [3.8, 4) is 0 Å². The number of hydrogen-bond acceptors (Lipinski definition) is 0. The monoisotopic (exact) mass is 1980 g/mol. The van der Waals surface area contributed by atoms with Crippen LogP contribution in [0.1, 0.15) is 167 Å². The van der Waals surface area contributed by atoms with E-state index in [-0.39, 0.29) is 0 Å². The van der Waals surface area contributed by atoms with E-state index >= 15 is 0 Å². The molecule has 0 aliphatic carbocycles. The zero-order valence-electron chi connectivity index (χ0n) is 96.5. The molecule has 0 aliphatic heterocycles. The molecule has 0 heterocycles. The summed E-state index contributed by atoms with van der Waals surface area (Å²) < 4.78 is 0. The first kappa shape index (κ1) is 127. The Bertz CT molecular complexity index is 6290. The van der Waals surface area contributed by atoms with Gasteiger partial charge in [0.15, 0.2) is 0 Å². The fourth-order valence-electron chi connectivity index (χ4n) is 14.4. The maximum Gasteiger partial charge on any atom is -0.0152 e. The fourth-order valence-corrected chi connectivity index (χ4v) is 14.4. The third-order valence-corrected chi connectivity index (χ3v) is 24.1. The zero-order chi connectivity index (χ0) is 110. The molecule has 21 rings (SSSR count). The predicted molar refractivity (Wildman–Crippen MR) is 671 cm³/mol. The van der Waals surface area contributed by atoms with Crippen LogP contribution >= 0.6 is 0 Å². The maximum absolute atomic E-state index is 2.22. The second kappa shape index (κ2) is 75.2. The van der Waals surface area contributed by atoms with Crippen LogP contribution in [0.5, 0.6) is 0 Å². The predicted octanol–water partition coefficient (Wildman–Crippen LogP) is 43.1. The molecule has 0 saturated carbocycles. The number of fused-ring (bicyclic) bond motifs is 3. The van der Waals surface area contributed by atoms with Gasteiger partial charge in [0.2, 0.25) is 0 Å². The number of hydrogen-bond donors (Lipinski definition) is 0. The molecule has 0 aliphatic rings. The molecule has 774 valence electrons. The quantitative estimate of drug-likeness (QED) is 0.142. The first-order valence-electron chi connectivity index (χ1n) is 52.6. The van der Waals surface area contributed by atoms with Crippen LogP contribution in [0.15, 0.2) is 510 Å². The molecule has 0 saturated heterocycles. The Hall–Kier alpha value is -15.6. The molecular weight excluding hydrogens is 1800 g/mol. The molecule has 0 heteroatoms. The Balaban J connectivity index is 0.000000332. The van der Waals surface area contributed by atoms with E-state index in [0.29, 0.717) is 0 Å². The van der Waals surface area contributed by atoms with Crippen molar-refractivity contribution in [2.45, 2.75) is 208 Å². The van der Waals surface area contributed by atoms with Crippen LogP contribution in [-0.2, 0) is 0 Å². The number of aryl methyl sites for hydroxylation is 30. The van der Waals surface area contributed by atoms with Gasteiger partial charge in [-0.2, -0.15) is 0 Å². The van der Waals surface area contributed by atoms with Crippen molar-refractivity contribution < 1.29 is 0 Å². The second-order valence-electron chi connectivity index (χ2n) is 38.9. The zero-order valence-corrected chi connectivity index (χ0v) is 96.5. The van der Waals surface area contributed by atoms with Crippen molar-refractivity contribution in [3.63, 3.8) is 0 Å². The van der Waals surface area contributed by atoms with Crippen LogP contribution < -0.4 is 0 Å². The average molecular weight is 1980 g/mol. The molecule has 0 bridgehead atoms. The minimum atomic E-state index is 1.32. The highest BCUT2D eigenvalue weighted by molar-refractivity contribution is 5.89. The molecule has 150 heavy (non-hydrogen) atoms. The molecule has 0 N–H and O–H groups in total. The van der Waals surface area contributed by atoms with E-state index < -0.39 is 0 Å². The van der Waals surface area contributed by atoms with Crippen molar-refractivity contribution in [1.82, 2.24) is 0 Å². The average Bonchev–Trinajstić information content (AvgIpc) is 0.831. The van der Waals surface area contributed by atoms with Crippen LogP contribution in [0.25, 0.3) is 32.3 Å². The number of rotatable bonds is 0. The lowest BCUT2D eigenvalue weighted by atomic mass is 10.0. The molecule has 21 aromatic carbocycles. The van der Waals surface area contributed by atoms with Gasteiger partial charge >= 0.3 is 0 Å². The van der Waals surface area contributed by atoms with E-state index in [9.17, 15) is 0 Å². The van der Waals surface area contributed by atoms with Gasteiger partial charge in [0.05, 0.1) is 0 Å². The summed E-state index contributed by atoms with van der Waals surface area (Å²) in [5, 5.41) is 8.16. The van der Waals surface area contributed by atoms with Crippen LogP contribution in [-0.4, -0.2) is 0 Å². The molecule has 0 radical (unpaired) electrons. The summed E-state index contributed by atoms with van der Waals surface area (Å²) in [4.78, 5) is 0. The van der Waals surface area contributed by atoms with Crippen LogP contribution in [0.2, 0.25) is 0 Å². The largest absolute Gasteiger partial charge is 0.0622 e. The maximum atomic E-state index is 2.22. The Morgan fingerprint density at radius 3 is 0.453 bits per heavy atom. The minimum absolute atomic E-state index is 1.32. The van der Waals surface area contributed by atoms with Gasteiger partial charge in [0, 0.05) is 0 Å². The summed E-state index contributed by atoms with van der Waals surface area (Å²) in [5.41, 5.74) is 40.3. The van der Waals surface area contributed by atoms with E-state index in [2.05, 4.69) is 608 Å². The molecule has 0 unspecified atom stereocenters. The van der Waals surface area contributed by atoms with Gasteiger partial charge in [-0.15, -0.1) is 0 Å². The highest BCUT2D eigenvalue weighted by atomic mass is 14.1. The topological polar surface area (TPSA) is 0 Å². The van der Waals surface area contributed by atoms with E-state index in [0.717, 1.165) is 0 Å². The van der Waals surface area contributed by atoms with Crippen LogP contribution in [0, 0.1) is 208 Å². The van der Waals surface area contributed by atoms with Gasteiger partial charge in [-0.1, -0.05) is 615 Å². The summed E-state index contributed by atoms with van der Waals surface area (Å²) in [7, 11) is 0. The van der Waals surface area contributed by atoms with Crippen LogP contribution in [0.4, 0.5) is 0 Å². The van der Waals surface area contributed by atoms with Crippen molar-refractivity contribution in [2.75, 3.05) is 0 Å². The van der Waals surface area contributed by atoms with E-state index in [1.165, 1.54) is 199 Å². The van der Waals surface area contributed by atoms with E-state index in [4.69, 9.17) is 0 Å². The Morgan fingerprint density at radius 2 is 0.253 bits per heavy atom. The lowest BCUT2D eigenvalue weighted by Gasteiger charge is -2.04. The highest BCUT2D eigenvalue weighted by Gasteiger charge is 2.01. The van der Waals surface area contributed by atoms with Gasteiger partial charge in [0.1, 0.15) is 0 Å². The minimum Gasteiger partial charge on any atom is -0.0622 e. The van der Waals surface area contributed by atoms with E-state index in [1.807, 2.05) is 109 Å². The van der Waals surface area contributed by atoms with Gasteiger partial charge in [-0.25, -0.2) is 0 Å². The first-order chi connectivity index (χ1) is 71.8.